The standard InChI is InChI=1S/C19H22BrFN2O4S.ClH/c1-26-19-7-6-16(12-17(19)20)28(24,25)22-13-18(23-8-10-27-11-9-23)14-2-4-15(21)5-3-14;/h2-7,12,18,22H,8-11,13H2,1H3;1H. The average molecular weight is 510 g/mol. The van der Waals surface area contributed by atoms with E-state index in [1.165, 1.54) is 31.4 Å². The zero-order valence-electron chi connectivity index (χ0n) is 15.8. The molecule has 2 aromatic rings. The monoisotopic (exact) mass is 508 g/mol. The molecule has 1 aliphatic heterocycles. The van der Waals surface area contributed by atoms with Gasteiger partial charge in [0.1, 0.15) is 11.6 Å². The van der Waals surface area contributed by atoms with Crippen LogP contribution >= 0.6 is 28.3 Å². The third kappa shape index (κ3) is 6.13. The summed E-state index contributed by atoms with van der Waals surface area (Å²) in [5.74, 6) is 0.226. The highest BCUT2D eigenvalue weighted by atomic mass is 79.9. The quantitative estimate of drug-likeness (QED) is 0.620. The molecule has 29 heavy (non-hydrogen) atoms. The SMILES string of the molecule is COc1ccc(S(=O)(=O)NCC(c2ccc(F)cc2)N2CCOCC2)cc1Br.Cl. The summed E-state index contributed by atoms with van der Waals surface area (Å²) in [6.45, 7) is 2.68. The van der Waals surface area contributed by atoms with Crippen LogP contribution in [-0.2, 0) is 14.8 Å². The zero-order chi connectivity index (χ0) is 20.1. The molecule has 0 bridgehead atoms. The molecule has 0 radical (unpaired) electrons. The van der Waals surface area contributed by atoms with E-state index in [1.54, 1.807) is 18.2 Å². The van der Waals surface area contributed by atoms with Gasteiger partial charge in [-0.05, 0) is 51.8 Å². The molecule has 2 aromatic carbocycles. The minimum atomic E-state index is -3.73. The number of hydrogen-bond donors (Lipinski definition) is 1. The summed E-state index contributed by atoms with van der Waals surface area (Å²) in [6, 6.07) is 10.5. The molecule has 160 valence electrons. The van der Waals surface area contributed by atoms with Crippen LogP contribution in [0, 0.1) is 5.82 Å². The van der Waals surface area contributed by atoms with Crippen molar-refractivity contribution in [2.24, 2.45) is 0 Å². The van der Waals surface area contributed by atoms with E-state index >= 15 is 0 Å². The van der Waals surface area contributed by atoms with E-state index < -0.39 is 10.0 Å². The van der Waals surface area contributed by atoms with Crippen LogP contribution in [0.2, 0.25) is 0 Å². The maximum Gasteiger partial charge on any atom is 0.240 e. The van der Waals surface area contributed by atoms with E-state index in [-0.39, 0.29) is 35.7 Å². The molecule has 0 amide bonds. The normalized spacial score (nSPS) is 16.1. The lowest BCUT2D eigenvalue weighted by Gasteiger charge is -2.34. The van der Waals surface area contributed by atoms with Crippen LogP contribution < -0.4 is 9.46 Å². The van der Waals surface area contributed by atoms with Crippen LogP contribution in [-0.4, -0.2) is 53.3 Å². The minimum absolute atomic E-state index is 0. The molecule has 1 unspecified atom stereocenters. The molecule has 1 aliphatic rings. The highest BCUT2D eigenvalue weighted by Crippen LogP contribution is 2.28. The predicted molar refractivity (Wildman–Crippen MR) is 115 cm³/mol. The van der Waals surface area contributed by atoms with Gasteiger partial charge in [0.25, 0.3) is 0 Å². The number of rotatable bonds is 7. The first-order valence-electron chi connectivity index (χ1n) is 8.81. The Morgan fingerprint density at radius 3 is 2.45 bits per heavy atom. The van der Waals surface area contributed by atoms with Crippen LogP contribution in [0.4, 0.5) is 4.39 Å². The Bertz CT molecular complexity index is 909. The predicted octanol–water partition coefficient (Wildman–Crippen LogP) is 3.37. The summed E-state index contributed by atoms with van der Waals surface area (Å²) in [5.41, 5.74) is 0.849. The lowest BCUT2D eigenvalue weighted by Crippen LogP contribution is -2.43. The lowest BCUT2D eigenvalue weighted by atomic mass is 10.0. The van der Waals surface area contributed by atoms with Crippen molar-refractivity contribution in [2.45, 2.75) is 10.9 Å². The van der Waals surface area contributed by atoms with Gasteiger partial charge in [0.2, 0.25) is 10.0 Å². The second-order valence-corrected chi connectivity index (χ2v) is 8.99. The Labute approximate surface area is 185 Å². The molecule has 1 fully saturated rings. The Kier molecular flexibility index (Phi) is 8.87. The number of halogens is 3. The second kappa shape index (κ2) is 10.7. The first-order valence-corrected chi connectivity index (χ1v) is 11.1. The van der Waals surface area contributed by atoms with Gasteiger partial charge in [0, 0.05) is 25.7 Å². The summed E-state index contributed by atoms with van der Waals surface area (Å²) in [5, 5.41) is 0. The van der Waals surface area contributed by atoms with E-state index in [1.807, 2.05) is 0 Å². The van der Waals surface area contributed by atoms with Gasteiger partial charge in [-0.3, -0.25) is 4.90 Å². The summed E-state index contributed by atoms with van der Waals surface area (Å²) in [6.07, 6.45) is 0. The third-order valence-electron chi connectivity index (χ3n) is 4.64. The zero-order valence-corrected chi connectivity index (χ0v) is 19.0. The van der Waals surface area contributed by atoms with Gasteiger partial charge in [-0.1, -0.05) is 12.1 Å². The molecule has 6 nitrogen and oxygen atoms in total. The maximum atomic E-state index is 13.3. The smallest absolute Gasteiger partial charge is 0.240 e. The number of benzene rings is 2. The van der Waals surface area contributed by atoms with Crippen molar-refractivity contribution in [3.63, 3.8) is 0 Å². The molecule has 1 atom stereocenters. The number of sulfonamides is 1. The molecular formula is C19H23BrClFN2O4S. The molecule has 1 N–H and O–H groups in total. The van der Waals surface area contributed by atoms with Gasteiger partial charge >= 0.3 is 0 Å². The largest absolute Gasteiger partial charge is 0.496 e. The molecule has 1 saturated heterocycles. The summed E-state index contributed by atoms with van der Waals surface area (Å²) >= 11 is 3.31. The Morgan fingerprint density at radius 2 is 1.86 bits per heavy atom. The molecule has 0 aliphatic carbocycles. The van der Waals surface area contributed by atoms with Crippen molar-refractivity contribution in [3.05, 3.63) is 58.3 Å². The van der Waals surface area contributed by atoms with E-state index in [4.69, 9.17) is 9.47 Å². The van der Waals surface area contributed by atoms with Gasteiger partial charge in [-0.15, -0.1) is 12.4 Å². The molecule has 0 saturated carbocycles. The Morgan fingerprint density at radius 1 is 1.21 bits per heavy atom. The van der Waals surface area contributed by atoms with Crippen molar-refractivity contribution >= 4 is 38.4 Å². The van der Waals surface area contributed by atoms with Crippen LogP contribution in [0.5, 0.6) is 5.75 Å². The van der Waals surface area contributed by atoms with Crippen molar-refractivity contribution in [2.75, 3.05) is 40.0 Å². The first-order chi connectivity index (χ1) is 13.4. The highest BCUT2D eigenvalue weighted by molar-refractivity contribution is 9.10. The van der Waals surface area contributed by atoms with E-state index in [0.29, 0.717) is 36.5 Å². The van der Waals surface area contributed by atoms with Gasteiger partial charge in [0.05, 0.1) is 29.7 Å². The van der Waals surface area contributed by atoms with Crippen molar-refractivity contribution in [3.8, 4) is 5.75 Å². The van der Waals surface area contributed by atoms with Crippen LogP contribution in [0.15, 0.2) is 51.8 Å². The number of methoxy groups -OCH3 is 1. The molecule has 0 aromatic heterocycles. The van der Waals surface area contributed by atoms with E-state index in [9.17, 15) is 12.8 Å². The first kappa shape index (κ1) is 24.0. The third-order valence-corrected chi connectivity index (χ3v) is 6.68. The van der Waals surface area contributed by atoms with E-state index in [0.717, 1.165) is 5.56 Å². The van der Waals surface area contributed by atoms with Crippen molar-refractivity contribution < 1.29 is 22.3 Å². The summed E-state index contributed by atoms with van der Waals surface area (Å²) in [7, 11) is -2.21. The van der Waals surface area contributed by atoms with Crippen molar-refractivity contribution in [1.82, 2.24) is 9.62 Å². The number of nitrogens with zero attached hydrogens (tertiary/aromatic N) is 1. The molecule has 0 spiro atoms. The van der Waals surface area contributed by atoms with E-state index in [2.05, 4.69) is 25.6 Å². The molecule has 3 rings (SSSR count). The fourth-order valence-electron chi connectivity index (χ4n) is 3.12. The summed E-state index contributed by atoms with van der Waals surface area (Å²) in [4.78, 5) is 2.28. The average Bonchev–Trinajstić information content (AvgIpc) is 2.70. The minimum Gasteiger partial charge on any atom is -0.496 e. The fraction of sp³-hybridized carbons (Fsp3) is 0.368. The lowest BCUT2D eigenvalue weighted by molar-refractivity contribution is 0.0172. The fourth-order valence-corrected chi connectivity index (χ4v) is 4.87. The molecule has 1 heterocycles. The van der Waals surface area contributed by atoms with Gasteiger partial charge in [0.15, 0.2) is 0 Å². The Balaban J connectivity index is 0.00000300. The maximum absolute atomic E-state index is 13.3. The topological polar surface area (TPSA) is 67.9 Å². The van der Waals surface area contributed by atoms with Gasteiger partial charge in [-0.25, -0.2) is 17.5 Å². The van der Waals surface area contributed by atoms with Gasteiger partial charge in [-0.2, -0.15) is 0 Å². The van der Waals surface area contributed by atoms with Crippen LogP contribution in [0.3, 0.4) is 0 Å². The molecule has 10 heteroatoms. The number of ether oxygens (including phenoxy) is 2. The van der Waals surface area contributed by atoms with Gasteiger partial charge < -0.3 is 9.47 Å². The number of morpholine rings is 1. The summed E-state index contributed by atoms with van der Waals surface area (Å²) < 4.78 is 52.7. The highest BCUT2D eigenvalue weighted by Gasteiger charge is 2.25. The second-order valence-electron chi connectivity index (χ2n) is 6.36. The van der Waals surface area contributed by atoms with Crippen molar-refractivity contribution in [1.29, 1.82) is 0 Å². The number of nitrogens with one attached hydrogen (secondary N) is 1. The van der Waals surface area contributed by atoms with Crippen LogP contribution in [0.25, 0.3) is 0 Å². The molecular weight excluding hydrogens is 487 g/mol. The number of hydrogen-bond acceptors (Lipinski definition) is 5. The Hall–Kier alpha value is -1.23. The van der Waals surface area contributed by atoms with Crippen LogP contribution in [0.1, 0.15) is 11.6 Å².